The number of benzene rings is 1. The van der Waals surface area contributed by atoms with E-state index in [9.17, 15) is 4.39 Å². The van der Waals surface area contributed by atoms with Gasteiger partial charge in [0.2, 0.25) is 0 Å². The zero-order valence-electron chi connectivity index (χ0n) is 10.2. The Hall–Kier alpha value is -0.410. The summed E-state index contributed by atoms with van der Waals surface area (Å²) in [6, 6.07) is 5.25. The summed E-state index contributed by atoms with van der Waals surface area (Å²) >= 11 is 3.27. The smallest absolute Gasteiger partial charge is 0.128 e. The van der Waals surface area contributed by atoms with Crippen LogP contribution in [-0.2, 0) is 6.54 Å². The molecule has 1 aromatic carbocycles. The van der Waals surface area contributed by atoms with E-state index in [0.29, 0.717) is 12.0 Å². The molecule has 0 bridgehead atoms. The van der Waals surface area contributed by atoms with Crippen molar-refractivity contribution in [1.82, 2.24) is 5.32 Å². The molecule has 0 unspecified atom stereocenters. The maximum absolute atomic E-state index is 13.6. The van der Waals surface area contributed by atoms with Gasteiger partial charge >= 0.3 is 0 Å². The van der Waals surface area contributed by atoms with Crippen molar-refractivity contribution in [2.24, 2.45) is 5.41 Å². The molecule has 1 fully saturated rings. The normalized spacial score (nSPS) is 18.5. The molecule has 1 aliphatic carbocycles. The summed E-state index contributed by atoms with van der Waals surface area (Å²) < 4.78 is 14.4. The first kappa shape index (κ1) is 13.0. The quantitative estimate of drug-likeness (QED) is 0.876. The first-order chi connectivity index (χ1) is 8.09. The average molecular weight is 300 g/mol. The zero-order chi connectivity index (χ0) is 12.3. The molecule has 2 rings (SSSR count). The summed E-state index contributed by atoms with van der Waals surface area (Å²) in [7, 11) is 0. The molecule has 0 aromatic heterocycles. The molecule has 1 aliphatic rings. The van der Waals surface area contributed by atoms with Gasteiger partial charge in [0.1, 0.15) is 5.82 Å². The molecule has 94 valence electrons. The Bertz CT molecular complexity index is 386. The fraction of sp³-hybridized carbons (Fsp3) is 0.571. The number of hydrogen-bond donors (Lipinski definition) is 1. The van der Waals surface area contributed by atoms with E-state index in [1.165, 1.54) is 31.7 Å². The Morgan fingerprint density at radius 2 is 2.06 bits per heavy atom. The van der Waals surface area contributed by atoms with Gasteiger partial charge in [0.15, 0.2) is 0 Å². The molecule has 1 saturated carbocycles. The van der Waals surface area contributed by atoms with Crippen molar-refractivity contribution in [3.8, 4) is 0 Å². The molecule has 3 heteroatoms. The van der Waals surface area contributed by atoms with E-state index in [1.807, 2.05) is 12.1 Å². The van der Waals surface area contributed by atoms with E-state index >= 15 is 0 Å². The Labute approximate surface area is 111 Å². The molecule has 1 nitrogen and oxygen atoms in total. The van der Waals surface area contributed by atoms with E-state index in [1.54, 1.807) is 0 Å². The van der Waals surface area contributed by atoms with Gasteiger partial charge in [0.05, 0.1) is 0 Å². The van der Waals surface area contributed by atoms with Gasteiger partial charge in [0.25, 0.3) is 0 Å². The minimum Gasteiger partial charge on any atom is -0.312 e. The summed E-state index contributed by atoms with van der Waals surface area (Å²) in [4.78, 5) is 0. The summed E-state index contributed by atoms with van der Waals surface area (Å²) in [5.74, 6) is -0.136. The molecule has 1 aromatic rings. The number of halogens is 2. The minimum atomic E-state index is -0.136. The summed E-state index contributed by atoms with van der Waals surface area (Å²) in [5.41, 5.74) is 1.17. The highest BCUT2D eigenvalue weighted by atomic mass is 79.9. The van der Waals surface area contributed by atoms with Crippen molar-refractivity contribution in [3.63, 3.8) is 0 Å². The largest absolute Gasteiger partial charge is 0.312 e. The number of hydrogen-bond acceptors (Lipinski definition) is 1. The SMILES string of the molecule is CC1(CNCc2ccc(Br)cc2F)CCCC1. The Morgan fingerprint density at radius 1 is 1.35 bits per heavy atom. The first-order valence-electron chi connectivity index (χ1n) is 6.24. The van der Waals surface area contributed by atoms with Gasteiger partial charge in [0, 0.05) is 23.1 Å². The topological polar surface area (TPSA) is 12.0 Å². The van der Waals surface area contributed by atoms with Gasteiger partial charge in [-0.2, -0.15) is 0 Å². The second-order valence-electron chi connectivity index (χ2n) is 5.36. The molecule has 0 spiro atoms. The predicted octanol–water partition coefficient (Wildman–Crippen LogP) is 4.26. The van der Waals surface area contributed by atoms with Gasteiger partial charge in [-0.1, -0.05) is 41.8 Å². The standard InChI is InChI=1S/C14H19BrFN/c1-14(6-2-3-7-14)10-17-9-11-4-5-12(15)8-13(11)16/h4-5,8,17H,2-3,6-7,9-10H2,1H3. The van der Waals surface area contributed by atoms with E-state index in [0.717, 1.165) is 16.6 Å². The van der Waals surface area contributed by atoms with Crippen LogP contribution in [-0.4, -0.2) is 6.54 Å². The third kappa shape index (κ3) is 3.52. The molecule has 0 atom stereocenters. The Kier molecular flexibility index (Phi) is 4.21. The average Bonchev–Trinajstić information content (AvgIpc) is 2.69. The van der Waals surface area contributed by atoms with Crippen molar-refractivity contribution in [2.75, 3.05) is 6.54 Å². The van der Waals surface area contributed by atoms with Crippen LogP contribution < -0.4 is 5.32 Å². The third-order valence-electron chi connectivity index (χ3n) is 3.69. The Morgan fingerprint density at radius 3 is 2.71 bits per heavy atom. The zero-order valence-corrected chi connectivity index (χ0v) is 11.8. The van der Waals surface area contributed by atoms with Crippen LogP contribution in [0.1, 0.15) is 38.2 Å². The molecular formula is C14H19BrFN. The first-order valence-corrected chi connectivity index (χ1v) is 7.03. The maximum atomic E-state index is 13.6. The van der Waals surface area contributed by atoms with Crippen molar-refractivity contribution in [1.29, 1.82) is 0 Å². The predicted molar refractivity (Wildman–Crippen MR) is 72.4 cm³/mol. The van der Waals surface area contributed by atoms with Crippen molar-refractivity contribution in [3.05, 3.63) is 34.1 Å². The fourth-order valence-corrected chi connectivity index (χ4v) is 2.90. The van der Waals surface area contributed by atoms with Crippen molar-refractivity contribution < 1.29 is 4.39 Å². The molecule has 0 radical (unpaired) electrons. The number of rotatable bonds is 4. The second-order valence-corrected chi connectivity index (χ2v) is 6.27. The molecule has 0 amide bonds. The van der Waals surface area contributed by atoms with Crippen LogP contribution in [0.3, 0.4) is 0 Å². The van der Waals surface area contributed by atoms with E-state index in [2.05, 4.69) is 28.2 Å². The van der Waals surface area contributed by atoms with Crippen LogP contribution in [0.15, 0.2) is 22.7 Å². The Balaban J connectivity index is 1.85. The second kappa shape index (κ2) is 5.49. The maximum Gasteiger partial charge on any atom is 0.128 e. The molecule has 0 saturated heterocycles. The summed E-state index contributed by atoms with van der Waals surface area (Å²) in [6.07, 6.45) is 5.27. The lowest BCUT2D eigenvalue weighted by Gasteiger charge is -2.23. The highest BCUT2D eigenvalue weighted by molar-refractivity contribution is 9.10. The van der Waals surface area contributed by atoms with Gasteiger partial charge in [-0.3, -0.25) is 0 Å². The van der Waals surface area contributed by atoms with Crippen LogP contribution in [0.25, 0.3) is 0 Å². The molecule has 0 heterocycles. The van der Waals surface area contributed by atoms with Crippen LogP contribution in [0.5, 0.6) is 0 Å². The van der Waals surface area contributed by atoms with Gasteiger partial charge in [-0.15, -0.1) is 0 Å². The number of nitrogens with one attached hydrogen (secondary N) is 1. The van der Waals surface area contributed by atoms with Crippen LogP contribution in [0, 0.1) is 11.2 Å². The van der Waals surface area contributed by atoms with E-state index in [-0.39, 0.29) is 5.82 Å². The molecule has 1 N–H and O–H groups in total. The molecule has 17 heavy (non-hydrogen) atoms. The van der Waals surface area contributed by atoms with E-state index < -0.39 is 0 Å². The van der Waals surface area contributed by atoms with Gasteiger partial charge < -0.3 is 5.32 Å². The fourth-order valence-electron chi connectivity index (χ4n) is 2.57. The third-order valence-corrected chi connectivity index (χ3v) is 4.19. The lowest BCUT2D eigenvalue weighted by atomic mass is 9.89. The van der Waals surface area contributed by atoms with Gasteiger partial charge in [-0.05, 0) is 30.4 Å². The molecule has 0 aliphatic heterocycles. The van der Waals surface area contributed by atoms with Crippen LogP contribution in [0.2, 0.25) is 0 Å². The van der Waals surface area contributed by atoms with Crippen molar-refractivity contribution in [2.45, 2.75) is 39.2 Å². The summed E-state index contributed by atoms with van der Waals surface area (Å²) in [6.45, 7) is 3.93. The molecular weight excluding hydrogens is 281 g/mol. The van der Waals surface area contributed by atoms with Crippen molar-refractivity contribution >= 4 is 15.9 Å². The highest BCUT2D eigenvalue weighted by Gasteiger charge is 2.27. The van der Waals surface area contributed by atoms with Gasteiger partial charge in [-0.25, -0.2) is 4.39 Å². The van der Waals surface area contributed by atoms with Crippen LogP contribution >= 0.6 is 15.9 Å². The van der Waals surface area contributed by atoms with Crippen LogP contribution in [0.4, 0.5) is 4.39 Å². The lowest BCUT2D eigenvalue weighted by Crippen LogP contribution is -2.29. The summed E-state index contributed by atoms with van der Waals surface area (Å²) in [5, 5.41) is 3.39. The highest BCUT2D eigenvalue weighted by Crippen LogP contribution is 2.36. The minimum absolute atomic E-state index is 0.136. The monoisotopic (exact) mass is 299 g/mol. The lowest BCUT2D eigenvalue weighted by molar-refractivity contribution is 0.314. The van der Waals surface area contributed by atoms with E-state index in [4.69, 9.17) is 0 Å².